The number of halogens is 6. The number of alkyl halides is 6. The molecule has 1 saturated carbocycles. The van der Waals surface area contributed by atoms with Gasteiger partial charge in [-0.25, -0.2) is 0 Å². The van der Waals surface area contributed by atoms with E-state index in [1.54, 1.807) is 18.2 Å². The third-order valence-electron chi connectivity index (χ3n) is 6.29. The van der Waals surface area contributed by atoms with Crippen molar-refractivity contribution in [3.8, 4) is 11.5 Å². The molecule has 0 bridgehead atoms. The van der Waals surface area contributed by atoms with Crippen LogP contribution in [0.3, 0.4) is 0 Å². The summed E-state index contributed by atoms with van der Waals surface area (Å²) in [5.74, 6) is 1.07. The second-order valence-electron chi connectivity index (χ2n) is 9.56. The minimum Gasteiger partial charge on any atom is -0.457 e. The van der Waals surface area contributed by atoms with Gasteiger partial charge in [-0.05, 0) is 48.6 Å². The summed E-state index contributed by atoms with van der Waals surface area (Å²) in [6.07, 6.45) is -10.9. The Kier molecular flexibility index (Phi) is 8.82. The number of benzene rings is 2. The monoisotopic (exact) mass is 519 g/mol. The first-order valence-corrected chi connectivity index (χ1v) is 11.9. The highest BCUT2D eigenvalue weighted by Gasteiger charge is 2.47. The molecule has 1 unspecified atom stereocenters. The number of ether oxygens (including phenoxy) is 2. The summed E-state index contributed by atoms with van der Waals surface area (Å²) in [4.78, 5) is 1.10. The van der Waals surface area contributed by atoms with Crippen LogP contribution in [0, 0.1) is 0 Å². The summed E-state index contributed by atoms with van der Waals surface area (Å²) in [7, 11) is 0. The topological polar surface area (TPSA) is 41.9 Å². The van der Waals surface area contributed by atoms with Crippen LogP contribution in [0.1, 0.15) is 57.4 Å². The van der Waals surface area contributed by atoms with E-state index in [4.69, 9.17) is 4.74 Å². The fourth-order valence-electron chi connectivity index (χ4n) is 4.47. The minimum atomic E-state index is -4.95. The van der Waals surface area contributed by atoms with Crippen molar-refractivity contribution < 1.29 is 40.9 Å². The van der Waals surface area contributed by atoms with Crippen molar-refractivity contribution in [2.75, 3.05) is 18.0 Å². The van der Waals surface area contributed by atoms with E-state index in [-0.39, 0.29) is 24.4 Å². The molecule has 2 aromatic rings. The van der Waals surface area contributed by atoms with Gasteiger partial charge in [0.2, 0.25) is 0 Å². The molecule has 4 nitrogen and oxygen atoms in total. The van der Waals surface area contributed by atoms with E-state index in [1.165, 1.54) is 12.1 Å². The van der Waals surface area contributed by atoms with Gasteiger partial charge in [0.05, 0.1) is 12.1 Å². The summed E-state index contributed by atoms with van der Waals surface area (Å²) in [5, 5.41) is 9.79. The second kappa shape index (κ2) is 11.3. The maximum absolute atomic E-state index is 13.3. The smallest absolute Gasteiger partial charge is 0.457 e. The molecule has 0 saturated heterocycles. The molecule has 3 rings (SSSR count). The lowest BCUT2D eigenvalue weighted by atomic mass is 9.84. The molecule has 0 aliphatic heterocycles. The molecule has 1 fully saturated rings. The third-order valence-corrected chi connectivity index (χ3v) is 6.29. The molecule has 0 aromatic heterocycles. The standard InChI is InChI=1S/C26H31F6NO3/c1-18(2)19-8-6-10-21(14-19)35-22-11-7-9-20(15-22)33(16-23(34)25(27,28)29)17-24(36-26(30,31)32)12-4-3-5-13-24/h6-11,14-15,18,23,34H,3-5,12-13,16-17H2,1-2H3. The van der Waals surface area contributed by atoms with Crippen molar-refractivity contribution in [3.63, 3.8) is 0 Å². The first-order valence-electron chi connectivity index (χ1n) is 11.9. The van der Waals surface area contributed by atoms with E-state index >= 15 is 0 Å². The fraction of sp³-hybridized carbons (Fsp3) is 0.538. The van der Waals surface area contributed by atoms with Gasteiger partial charge in [-0.1, -0.05) is 51.3 Å². The lowest BCUT2D eigenvalue weighted by Gasteiger charge is -2.42. The van der Waals surface area contributed by atoms with Crippen LogP contribution in [-0.2, 0) is 4.74 Å². The van der Waals surface area contributed by atoms with Crippen LogP contribution in [0.4, 0.5) is 32.0 Å². The van der Waals surface area contributed by atoms with Crippen molar-refractivity contribution in [2.24, 2.45) is 0 Å². The largest absolute Gasteiger partial charge is 0.523 e. The first-order chi connectivity index (χ1) is 16.8. The Morgan fingerprint density at radius 1 is 0.917 bits per heavy atom. The van der Waals surface area contributed by atoms with E-state index in [1.807, 2.05) is 32.0 Å². The molecule has 1 N–H and O–H groups in total. The molecule has 0 radical (unpaired) electrons. The molecule has 200 valence electrons. The number of hydrogen-bond donors (Lipinski definition) is 1. The number of hydrogen-bond acceptors (Lipinski definition) is 4. The molecular weight excluding hydrogens is 488 g/mol. The average molecular weight is 520 g/mol. The predicted octanol–water partition coefficient (Wildman–Crippen LogP) is 7.57. The second-order valence-corrected chi connectivity index (χ2v) is 9.56. The lowest BCUT2D eigenvalue weighted by Crippen LogP contribution is -2.52. The normalized spacial score (nSPS) is 17.2. The van der Waals surface area contributed by atoms with Gasteiger partial charge in [0.1, 0.15) is 11.5 Å². The Labute approximate surface area is 206 Å². The highest BCUT2D eigenvalue weighted by Crippen LogP contribution is 2.39. The van der Waals surface area contributed by atoms with E-state index in [9.17, 15) is 31.4 Å². The van der Waals surface area contributed by atoms with Crippen molar-refractivity contribution in [2.45, 2.75) is 76.1 Å². The van der Waals surface area contributed by atoms with Crippen LogP contribution in [-0.4, -0.2) is 42.4 Å². The van der Waals surface area contributed by atoms with E-state index < -0.39 is 37.3 Å². The summed E-state index contributed by atoms with van der Waals surface area (Å²) in [6.45, 7) is 2.63. The molecule has 0 heterocycles. The zero-order valence-electron chi connectivity index (χ0n) is 20.2. The number of aliphatic hydroxyl groups is 1. The third kappa shape index (κ3) is 8.03. The summed E-state index contributed by atoms with van der Waals surface area (Å²) >= 11 is 0. The van der Waals surface area contributed by atoms with Crippen molar-refractivity contribution in [1.82, 2.24) is 0 Å². The van der Waals surface area contributed by atoms with E-state index in [0.29, 0.717) is 30.8 Å². The maximum Gasteiger partial charge on any atom is 0.523 e. The Balaban J connectivity index is 1.92. The van der Waals surface area contributed by atoms with Gasteiger partial charge in [0.15, 0.2) is 6.10 Å². The van der Waals surface area contributed by atoms with Gasteiger partial charge >= 0.3 is 12.5 Å². The molecular formula is C26H31F6NO3. The SMILES string of the molecule is CC(C)c1cccc(Oc2cccc(N(CC(O)C(F)(F)F)CC3(OC(F)(F)F)CCCCC3)c2)c1. The van der Waals surface area contributed by atoms with Crippen LogP contribution in [0.2, 0.25) is 0 Å². The van der Waals surface area contributed by atoms with E-state index in [0.717, 1.165) is 10.5 Å². The minimum absolute atomic E-state index is 0.0449. The summed E-state index contributed by atoms with van der Waals surface area (Å²) < 4.78 is 90.0. The molecule has 0 spiro atoms. The van der Waals surface area contributed by atoms with Crippen molar-refractivity contribution in [3.05, 3.63) is 54.1 Å². The number of rotatable bonds is 9. The van der Waals surface area contributed by atoms with Gasteiger partial charge in [-0.15, -0.1) is 13.2 Å². The molecule has 36 heavy (non-hydrogen) atoms. The van der Waals surface area contributed by atoms with Crippen molar-refractivity contribution in [1.29, 1.82) is 0 Å². The van der Waals surface area contributed by atoms with E-state index in [2.05, 4.69) is 4.74 Å². The van der Waals surface area contributed by atoms with Crippen LogP contribution in [0.15, 0.2) is 48.5 Å². The number of aliphatic hydroxyl groups excluding tert-OH is 1. The predicted molar refractivity (Wildman–Crippen MR) is 124 cm³/mol. The van der Waals surface area contributed by atoms with Gasteiger partial charge in [0.25, 0.3) is 0 Å². The highest BCUT2D eigenvalue weighted by molar-refractivity contribution is 5.52. The molecule has 2 aromatic carbocycles. The van der Waals surface area contributed by atoms with Gasteiger partial charge in [-0.3, -0.25) is 4.74 Å². The zero-order chi connectivity index (χ0) is 26.6. The van der Waals surface area contributed by atoms with Crippen molar-refractivity contribution >= 4 is 5.69 Å². The molecule has 10 heteroatoms. The molecule has 1 aliphatic rings. The van der Waals surface area contributed by atoms with Crippen LogP contribution in [0.25, 0.3) is 0 Å². The average Bonchev–Trinajstić information content (AvgIpc) is 2.77. The van der Waals surface area contributed by atoms with Gasteiger partial charge < -0.3 is 14.7 Å². The Bertz CT molecular complexity index is 986. The number of anilines is 1. The van der Waals surface area contributed by atoms with Crippen LogP contribution in [0.5, 0.6) is 11.5 Å². The summed E-state index contributed by atoms with van der Waals surface area (Å²) in [5.41, 5.74) is -0.502. The first kappa shape index (κ1) is 28.1. The van der Waals surface area contributed by atoms with Crippen LogP contribution >= 0.6 is 0 Å². The quantitative estimate of drug-likeness (QED) is 0.347. The fourth-order valence-corrected chi connectivity index (χ4v) is 4.47. The zero-order valence-corrected chi connectivity index (χ0v) is 20.2. The van der Waals surface area contributed by atoms with Gasteiger partial charge in [-0.2, -0.15) is 13.2 Å². The Morgan fingerprint density at radius 3 is 2.11 bits per heavy atom. The maximum atomic E-state index is 13.3. The molecule has 0 amide bonds. The molecule has 1 aliphatic carbocycles. The molecule has 1 atom stereocenters. The summed E-state index contributed by atoms with van der Waals surface area (Å²) in [6, 6.07) is 13.4. The highest BCUT2D eigenvalue weighted by atomic mass is 19.4. The van der Waals surface area contributed by atoms with Crippen LogP contribution < -0.4 is 9.64 Å². The Hall–Kier alpha value is -2.46. The Morgan fingerprint density at radius 2 is 1.53 bits per heavy atom. The number of nitrogens with zero attached hydrogens (tertiary/aromatic N) is 1. The lowest BCUT2D eigenvalue weighted by molar-refractivity contribution is -0.369. The van der Waals surface area contributed by atoms with Gasteiger partial charge in [0, 0.05) is 18.3 Å².